The Kier molecular flexibility index (Phi) is 3.43. The first-order valence-corrected chi connectivity index (χ1v) is 8.45. The maximum absolute atomic E-state index is 12.1. The Morgan fingerprint density at radius 2 is 2.19 bits per heavy atom. The van der Waals surface area contributed by atoms with Crippen molar-refractivity contribution < 1.29 is 4.79 Å². The van der Waals surface area contributed by atoms with Gasteiger partial charge in [-0.1, -0.05) is 11.6 Å². The van der Waals surface area contributed by atoms with E-state index in [0.717, 1.165) is 17.5 Å². The quantitative estimate of drug-likeness (QED) is 0.905. The first kappa shape index (κ1) is 13.3. The predicted octanol–water partition coefficient (Wildman–Crippen LogP) is 2.45. The van der Waals surface area contributed by atoms with Crippen LogP contribution < -0.4 is 5.32 Å². The van der Waals surface area contributed by atoms with Gasteiger partial charge in [0.25, 0.3) is 0 Å². The zero-order valence-corrected chi connectivity index (χ0v) is 12.5. The lowest BCUT2D eigenvalue weighted by Gasteiger charge is -2.24. The Morgan fingerprint density at radius 3 is 2.86 bits per heavy atom. The summed E-state index contributed by atoms with van der Waals surface area (Å²) in [5.41, 5.74) is 0.878. The van der Waals surface area contributed by atoms with Crippen LogP contribution in [0.3, 0.4) is 0 Å². The molecule has 1 heterocycles. The lowest BCUT2D eigenvalue weighted by atomic mass is 9.86. The number of hydrogen-bond donors (Lipinski definition) is 1. The minimum atomic E-state index is 0.186. The number of amides is 1. The van der Waals surface area contributed by atoms with E-state index in [4.69, 9.17) is 0 Å². The van der Waals surface area contributed by atoms with Crippen LogP contribution >= 0.6 is 0 Å². The van der Waals surface area contributed by atoms with Gasteiger partial charge >= 0.3 is 0 Å². The molecule has 0 aromatic carbocycles. The van der Waals surface area contributed by atoms with Crippen LogP contribution in [0.15, 0.2) is 6.20 Å². The van der Waals surface area contributed by atoms with Gasteiger partial charge in [0.15, 0.2) is 0 Å². The van der Waals surface area contributed by atoms with E-state index in [9.17, 15) is 4.79 Å². The van der Waals surface area contributed by atoms with Crippen molar-refractivity contribution in [2.24, 2.45) is 17.8 Å². The molecule has 1 N–H and O–H groups in total. The van der Waals surface area contributed by atoms with Gasteiger partial charge in [0.05, 0.1) is 18.8 Å². The molecule has 2 bridgehead atoms. The maximum Gasteiger partial charge on any atom is 0.220 e. The number of nitrogens with zero attached hydrogens (tertiary/aromatic N) is 3. The molecule has 0 saturated heterocycles. The Hall–Kier alpha value is -1.39. The standard InChI is InChI=1S/C16H24N4O/c21-16(8-13-7-11-4-5-12(13)6-11)17-9-14-10-20(19-18-14)15-2-1-3-15/h10-13,15H,1-9H2,(H,17,21). The topological polar surface area (TPSA) is 59.8 Å². The number of fused-ring (bicyclic) bond motifs is 2. The van der Waals surface area contributed by atoms with Gasteiger partial charge in [-0.25, -0.2) is 4.68 Å². The number of carbonyl (C=O) groups excluding carboxylic acids is 1. The molecule has 1 amide bonds. The molecule has 114 valence electrons. The van der Waals surface area contributed by atoms with Crippen molar-refractivity contribution in [3.63, 3.8) is 0 Å². The van der Waals surface area contributed by atoms with E-state index >= 15 is 0 Å². The minimum Gasteiger partial charge on any atom is -0.350 e. The highest BCUT2D eigenvalue weighted by molar-refractivity contribution is 5.76. The largest absolute Gasteiger partial charge is 0.350 e. The van der Waals surface area contributed by atoms with Crippen molar-refractivity contribution in [1.29, 1.82) is 0 Å². The summed E-state index contributed by atoms with van der Waals surface area (Å²) in [5.74, 6) is 2.55. The van der Waals surface area contributed by atoms with Crippen molar-refractivity contribution in [3.8, 4) is 0 Å². The molecule has 1 aromatic heterocycles. The highest BCUT2D eigenvalue weighted by Gasteiger charge is 2.40. The highest BCUT2D eigenvalue weighted by atomic mass is 16.1. The summed E-state index contributed by atoms with van der Waals surface area (Å²) in [4.78, 5) is 12.1. The fourth-order valence-corrected chi connectivity index (χ4v) is 4.35. The molecule has 5 heteroatoms. The summed E-state index contributed by atoms with van der Waals surface area (Å²) < 4.78 is 1.96. The van der Waals surface area contributed by atoms with E-state index in [2.05, 4.69) is 15.6 Å². The van der Waals surface area contributed by atoms with E-state index in [1.807, 2.05) is 10.9 Å². The average Bonchev–Trinajstić information content (AvgIpc) is 3.10. The SMILES string of the molecule is O=C(CC1CC2CCC1C2)NCc1cn(C2CCC2)nn1. The molecule has 5 nitrogen and oxygen atoms in total. The Morgan fingerprint density at radius 1 is 1.29 bits per heavy atom. The lowest BCUT2D eigenvalue weighted by molar-refractivity contribution is -0.122. The molecule has 3 unspecified atom stereocenters. The molecule has 3 fully saturated rings. The summed E-state index contributed by atoms with van der Waals surface area (Å²) in [7, 11) is 0. The summed E-state index contributed by atoms with van der Waals surface area (Å²) in [5, 5.41) is 11.3. The van der Waals surface area contributed by atoms with Gasteiger partial charge in [-0.2, -0.15) is 0 Å². The third kappa shape index (κ3) is 2.70. The van der Waals surface area contributed by atoms with E-state index in [1.54, 1.807) is 0 Å². The van der Waals surface area contributed by atoms with Crippen LogP contribution in [0.2, 0.25) is 0 Å². The van der Waals surface area contributed by atoms with E-state index in [0.29, 0.717) is 24.9 Å². The molecular formula is C16H24N4O. The Labute approximate surface area is 125 Å². The highest BCUT2D eigenvalue weighted by Crippen LogP contribution is 2.49. The Bertz CT molecular complexity index is 522. The van der Waals surface area contributed by atoms with Crippen LogP contribution in [-0.4, -0.2) is 20.9 Å². The zero-order valence-electron chi connectivity index (χ0n) is 12.5. The second-order valence-corrected chi connectivity index (χ2v) is 7.19. The van der Waals surface area contributed by atoms with Gasteiger partial charge in [-0.3, -0.25) is 4.79 Å². The van der Waals surface area contributed by atoms with Crippen LogP contribution in [0.25, 0.3) is 0 Å². The van der Waals surface area contributed by atoms with E-state index in [-0.39, 0.29) is 5.91 Å². The van der Waals surface area contributed by atoms with Crippen LogP contribution in [0, 0.1) is 17.8 Å². The van der Waals surface area contributed by atoms with Crippen molar-refractivity contribution in [2.45, 2.75) is 64.0 Å². The van der Waals surface area contributed by atoms with Gasteiger partial charge in [0.1, 0.15) is 5.69 Å². The van der Waals surface area contributed by atoms with Crippen molar-refractivity contribution in [2.75, 3.05) is 0 Å². The minimum absolute atomic E-state index is 0.186. The number of carbonyl (C=O) groups is 1. The molecule has 0 spiro atoms. The number of nitrogens with one attached hydrogen (secondary N) is 1. The average molecular weight is 288 g/mol. The fraction of sp³-hybridized carbons (Fsp3) is 0.812. The monoisotopic (exact) mass is 288 g/mol. The van der Waals surface area contributed by atoms with E-state index in [1.165, 1.54) is 44.9 Å². The fourth-order valence-electron chi connectivity index (χ4n) is 4.35. The van der Waals surface area contributed by atoms with Crippen molar-refractivity contribution >= 4 is 5.91 Å². The maximum atomic E-state index is 12.1. The smallest absolute Gasteiger partial charge is 0.220 e. The van der Waals surface area contributed by atoms with Crippen LogP contribution in [-0.2, 0) is 11.3 Å². The molecule has 21 heavy (non-hydrogen) atoms. The number of rotatable bonds is 5. The molecular weight excluding hydrogens is 264 g/mol. The molecule has 4 rings (SSSR count). The van der Waals surface area contributed by atoms with Gasteiger partial charge in [-0.15, -0.1) is 5.10 Å². The van der Waals surface area contributed by atoms with Gasteiger partial charge < -0.3 is 5.32 Å². The van der Waals surface area contributed by atoms with Crippen molar-refractivity contribution in [3.05, 3.63) is 11.9 Å². The van der Waals surface area contributed by atoms with Crippen LogP contribution in [0.5, 0.6) is 0 Å². The first-order chi connectivity index (χ1) is 10.3. The summed E-state index contributed by atoms with van der Waals surface area (Å²) in [6.07, 6.45) is 11.8. The molecule has 1 aromatic rings. The van der Waals surface area contributed by atoms with Gasteiger partial charge in [0.2, 0.25) is 5.91 Å². The molecule has 3 aliphatic carbocycles. The summed E-state index contributed by atoms with van der Waals surface area (Å²) in [6.45, 7) is 0.520. The van der Waals surface area contributed by atoms with Gasteiger partial charge in [0, 0.05) is 6.42 Å². The third-order valence-corrected chi connectivity index (χ3v) is 5.81. The molecule has 3 saturated carbocycles. The Balaban J connectivity index is 1.24. The lowest BCUT2D eigenvalue weighted by Crippen LogP contribution is -2.27. The van der Waals surface area contributed by atoms with Gasteiger partial charge in [-0.05, 0) is 56.3 Å². The zero-order chi connectivity index (χ0) is 14.2. The molecule has 0 aliphatic heterocycles. The second kappa shape index (κ2) is 5.43. The number of hydrogen-bond acceptors (Lipinski definition) is 3. The number of aromatic nitrogens is 3. The van der Waals surface area contributed by atoms with Crippen LogP contribution in [0.4, 0.5) is 0 Å². The third-order valence-electron chi connectivity index (χ3n) is 5.81. The summed E-state index contributed by atoms with van der Waals surface area (Å²) >= 11 is 0. The van der Waals surface area contributed by atoms with E-state index < -0.39 is 0 Å². The van der Waals surface area contributed by atoms with Crippen LogP contribution in [0.1, 0.15) is 63.1 Å². The molecule has 3 aliphatic rings. The molecule has 3 atom stereocenters. The summed E-state index contributed by atoms with van der Waals surface area (Å²) in [6, 6.07) is 0.538. The normalized spacial score (nSPS) is 31.3. The van der Waals surface area contributed by atoms with Crippen molar-refractivity contribution in [1.82, 2.24) is 20.3 Å². The predicted molar refractivity (Wildman–Crippen MR) is 78.3 cm³/mol. The second-order valence-electron chi connectivity index (χ2n) is 7.19. The molecule has 0 radical (unpaired) electrons. The first-order valence-electron chi connectivity index (χ1n) is 8.45.